The fraction of sp³-hybridized carbons (Fsp3) is 0.304. The quantitative estimate of drug-likeness (QED) is 0.594. The molecule has 0 bridgehead atoms. The van der Waals surface area contributed by atoms with Gasteiger partial charge in [-0.2, -0.15) is 0 Å². The SMILES string of the molecule is CCN(CC)c1ccc(N=C2S/C(=C3\Sc4ccccc4N3C)C(=O)N2C)c(C)c1. The molecule has 2 aromatic carbocycles. The first-order chi connectivity index (χ1) is 14.4. The van der Waals surface area contributed by atoms with E-state index in [-0.39, 0.29) is 5.91 Å². The van der Waals surface area contributed by atoms with Gasteiger partial charge in [-0.15, -0.1) is 0 Å². The van der Waals surface area contributed by atoms with Gasteiger partial charge < -0.3 is 9.80 Å². The molecule has 2 aromatic rings. The summed E-state index contributed by atoms with van der Waals surface area (Å²) in [5.74, 6) is -0.00156. The first-order valence-electron chi connectivity index (χ1n) is 10.1. The number of rotatable bonds is 4. The lowest BCUT2D eigenvalue weighted by Gasteiger charge is -2.21. The maximum absolute atomic E-state index is 13.0. The highest BCUT2D eigenvalue weighted by atomic mass is 32.2. The number of aryl methyl sites for hydroxylation is 1. The third kappa shape index (κ3) is 3.61. The van der Waals surface area contributed by atoms with E-state index in [0.717, 1.165) is 40.0 Å². The van der Waals surface area contributed by atoms with Gasteiger partial charge >= 0.3 is 0 Å². The highest BCUT2D eigenvalue weighted by Crippen LogP contribution is 2.49. The van der Waals surface area contributed by atoms with Gasteiger partial charge in [0.15, 0.2) is 5.17 Å². The van der Waals surface area contributed by atoms with E-state index in [0.29, 0.717) is 5.17 Å². The van der Waals surface area contributed by atoms with Crippen LogP contribution in [0.15, 0.2) is 62.3 Å². The van der Waals surface area contributed by atoms with Crippen molar-refractivity contribution in [2.24, 2.45) is 4.99 Å². The number of aliphatic imine (C=N–C) groups is 1. The van der Waals surface area contributed by atoms with Crippen molar-refractivity contribution in [2.45, 2.75) is 25.7 Å². The highest BCUT2D eigenvalue weighted by molar-refractivity contribution is 8.19. The van der Waals surface area contributed by atoms with Gasteiger partial charge in [-0.1, -0.05) is 23.9 Å². The zero-order valence-corrected chi connectivity index (χ0v) is 19.6. The van der Waals surface area contributed by atoms with E-state index in [9.17, 15) is 4.79 Å². The molecule has 0 atom stereocenters. The van der Waals surface area contributed by atoms with E-state index in [1.165, 1.54) is 22.3 Å². The number of carbonyl (C=O) groups excluding carboxylic acids is 1. The zero-order valence-electron chi connectivity index (χ0n) is 18.0. The smallest absolute Gasteiger partial charge is 0.269 e. The average Bonchev–Trinajstić information content (AvgIpc) is 3.22. The number of thioether (sulfide) groups is 2. The third-order valence-electron chi connectivity index (χ3n) is 5.44. The van der Waals surface area contributed by atoms with Crippen molar-refractivity contribution in [1.29, 1.82) is 0 Å². The lowest BCUT2D eigenvalue weighted by molar-refractivity contribution is -0.121. The summed E-state index contributed by atoms with van der Waals surface area (Å²) < 4.78 is 0. The van der Waals surface area contributed by atoms with Crippen LogP contribution in [0.1, 0.15) is 19.4 Å². The molecule has 1 fully saturated rings. The molecule has 1 saturated heterocycles. The Morgan fingerprint density at radius 3 is 2.40 bits per heavy atom. The van der Waals surface area contributed by atoms with Gasteiger partial charge in [0.1, 0.15) is 4.91 Å². The van der Waals surface area contributed by atoms with E-state index >= 15 is 0 Å². The number of anilines is 2. The van der Waals surface area contributed by atoms with Gasteiger partial charge in [0.2, 0.25) is 0 Å². The Balaban J connectivity index is 1.65. The summed E-state index contributed by atoms with van der Waals surface area (Å²) in [5, 5.41) is 1.68. The van der Waals surface area contributed by atoms with Gasteiger partial charge in [0, 0.05) is 37.8 Å². The fourth-order valence-electron chi connectivity index (χ4n) is 3.63. The molecule has 156 valence electrons. The molecular formula is C23H26N4OS2. The van der Waals surface area contributed by atoms with E-state index in [4.69, 9.17) is 4.99 Å². The summed E-state index contributed by atoms with van der Waals surface area (Å²) >= 11 is 3.10. The number of nitrogens with zero attached hydrogens (tertiary/aromatic N) is 4. The van der Waals surface area contributed by atoms with Gasteiger partial charge in [-0.25, -0.2) is 4.99 Å². The largest absolute Gasteiger partial charge is 0.372 e. The minimum absolute atomic E-state index is 0.00156. The number of carbonyl (C=O) groups is 1. The molecule has 2 heterocycles. The fourth-order valence-corrected chi connectivity index (χ4v) is 5.96. The molecule has 0 aromatic heterocycles. The Labute approximate surface area is 186 Å². The van der Waals surface area contributed by atoms with E-state index in [1.807, 2.05) is 25.2 Å². The van der Waals surface area contributed by atoms with Crippen molar-refractivity contribution in [2.75, 3.05) is 37.0 Å². The zero-order chi connectivity index (χ0) is 21.4. The van der Waals surface area contributed by atoms with Crippen LogP contribution in [-0.4, -0.2) is 43.2 Å². The second-order valence-corrected chi connectivity index (χ2v) is 9.27. The third-order valence-corrected chi connectivity index (χ3v) is 7.92. The normalized spacial score (nSPS) is 19.8. The predicted octanol–water partition coefficient (Wildman–Crippen LogP) is 5.45. The molecule has 5 nitrogen and oxygen atoms in total. The van der Waals surface area contributed by atoms with Gasteiger partial charge in [0.25, 0.3) is 5.91 Å². The average molecular weight is 439 g/mol. The van der Waals surface area contributed by atoms with E-state index in [2.05, 4.69) is 54.8 Å². The van der Waals surface area contributed by atoms with Gasteiger partial charge in [-0.05, 0) is 68.4 Å². The lowest BCUT2D eigenvalue weighted by Crippen LogP contribution is -2.25. The van der Waals surface area contributed by atoms with Crippen LogP contribution in [0, 0.1) is 6.92 Å². The van der Waals surface area contributed by atoms with Crippen molar-refractivity contribution >= 4 is 51.7 Å². The maximum Gasteiger partial charge on any atom is 0.269 e. The monoisotopic (exact) mass is 438 g/mol. The summed E-state index contributed by atoms with van der Waals surface area (Å²) in [7, 11) is 3.81. The molecule has 0 spiro atoms. The maximum atomic E-state index is 13.0. The second kappa shape index (κ2) is 8.40. The first-order valence-corrected chi connectivity index (χ1v) is 11.7. The number of hydrogen-bond acceptors (Lipinski definition) is 6. The van der Waals surface area contributed by atoms with Crippen molar-refractivity contribution in [3.63, 3.8) is 0 Å². The Kier molecular flexibility index (Phi) is 5.84. The molecule has 4 rings (SSSR count). The molecule has 0 radical (unpaired) electrons. The number of benzene rings is 2. The number of hydrogen-bond donors (Lipinski definition) is 0. The topological polar surface area (TPSA) is 39.1 Å². The van der Waals surface area contributed by atoms with Crippen LogP contribution < -0.4 is 9.80 Å². The van der Waals surface area contributed by atoms with Crippen LogP contribution in [-0.2, 0) is 4.79 Å². The van der Waals surface area contributed by atoms with Gasteiger partial charge in [-0.3, -0.25) is 9.69 Å². The molecular weight excluding hydrogens is 412 g/mol. The van der Waals surface area contributed by atoms with Gasteiger partial charge in [0.05, 0.1) is 16.4 Å². The number of fused-ring (bicyclic) bond motifs is 1. The van der Waals surface area contributed by atoms with Crippen LogP contribution in [0.25, 0.3) is 0 Å². The Morgan fingerprint density at radius 2 is 1.73 bits per heavy atom. The number of para-hydroxylation sites is 1. The summed E-state index contributed by atoms with van der Waals surface area (Å²) in [5.41, 5.74) is 4.34. The van der Waals surface area contributed by atoms with Crippen molar-refractivity contribution in [3.05, 3.63) is 58.0 Å². The molecule has 7 heteroatoms. The lowest BCUT2D eigenvalue weighted by atomic mass is 10.1. The summed E-state index contributed by atoms with van der Waals surface area (Å²) in [4.78, 5) is 25.8. The minimum atomic E-state index is -0.00156. The molecule has 2 aliphatic rings. The standard InChI is InChI=1S/C23H26N4OS2/c1-6-27(7-2)16-12-13-17(15(3)14-16)24-23-26(5)21(28)20(30-23)22-25(4)18-10-8-9-11-19(18)29-22/h8-14H,6-7H2,1-5H3/b22-20-,24-23?. The number of likely N-dealkylation sites (N-methyl/N-ethyl adjacent to an activating group) is 1. The minimum Gasteiger partial charge on any atom is -0.372 e. The summed E-state index contributed by atoms with van der Waals surface area (Å²) in [6.45, 7) is 8.34. The highest BCUT2D eigenvalue weighted by Gasteiger charge is 2.37. The molecule has 0 unspecified atom stereocenters. The van der Waals surface area contributed by atoms with Crippen LogP contribution >= 0.6 is 23.5 Å². The Hall–Kier alpha value is -2.38. The molecule has 2 aliphatic heterocycles. The summed E-state index contributed by atoms with van der Waals surface area (Å²) in [6, 6.07) is 14.6. The van der Waals surface area contributed by atoms with Crippen molar-refractivity contribution in [1.82, 2.24) is 4.90 Å². The number of amides is 1. The Bertz CT molecular complexity index is 1060. The molecule has 30 heavy (non-hydrogen) atoms. The first kappa shape index (κ1) is 20.9. The van der Waals surface area contributed by atoms with Crippen LogP contribution in [0.2, 0.25) is 0 Å². The van der Waals surface area contributed by atoms with Crippen LogP contribution in [0.5, 0.6) is 0 Å². The Morgan fingerprint density at radius 1 is 1.00 bits per heavy atom. The number of amidine groups is 1. The van der Waals surface area contributed by atoms with Crippen LogP contribution in [0.4, 0.5) is 17.1 Å². The summed E-state index contributed by atoms with van der Waals surface area (Å²) in [6.07, 6.45) is 0. The molecule has 0 N–H and O–H groups in total. The molecule has 0 saturated carbocycles. The van der Waals surface area contributed by atoms with E-state index < -0.39 is 0 Å². The molecule has 0 aliphatic carbocycles. The van der Waals surface area contributed by atoms with E-state index in [1.54, 1.807) is 23.7 Å². The second-order valence-electron chi connectivity index (χ2n) is 7.27. The van der Waals surface area contributed by atoms with Crippen molar-refractivity contribution < 1.29 is 4.79 Å². The van der Waals surface area contributed by atoms with Crippen molar-refractivity contribution in [3.8, 4) is 0 Å². The predicted molar refractivity (Wildman–Crippen MR) is 130 cm³/mol. The van der Waals surface area contributed by atoms with Crippen LogP contribution in [0.3, 0.4) is 0 Å². The molecule has 1 amide bonds.